The number of hydrogen-bond acceptors (Lipinski definition) is 2. The lowest BCUT2D eigenvalue weighted by Gasteiger charge is -2.14. The van der Waals surface area contributed by atoms with Gasteiger partial charge < -0.3 is 4.74 Å². The van der Waals surface area contributed by atoms with Gasteiger partial charge in [-0.15, -0.1) is 13.2 Å². The van der Waals surface area contributed by atoms with Crippen molar-refractivity contribution in [3.05, 3.63) is 71.9 Å². The van der Waals surface area contributed by atoms with Gasteiger partial charge in [0.25, 0.3) is 0 Å². The summed E-state index contributed by atoms with van der Waals surface area (Å²) in [5.74, 6) is -0.255. The predicted octanol–water partition coefficient (Wildman–Crippen LogP) is 4.72. The second-order valence-electron chi connectivity index (χ2n) is 4.84. The van der Waals surface area contributed by atoms with Crippen LogP contribution >= 0.6 is 0 Å². The number of pyridine rings is 1. The Hall–Kier alpha value is -2.56. The van der Waals surface area contributed by atoms with Gasteiger partial charge in [-0.2, -0.15) is 0 Å². The van der Waals surface area contributed by atoms with E-state index in [4.69, 9.17) is 0 Å². The standard InChI is InChI=1S/C17H12F3NO/c18-17(19,20)22-16-11-13-8-4-5-9-14(13)21-15(16)10-12-6-2-1-3-7-12/h1-9,11H,10H2. The van der Waals surface area contributed by atoms with Gasteiger partial charge in [0.2, 0.25) is 0 Å². The first-order valence-corrected chi connectivity index (χ1v) is 6.69. The van der Waals surface area contributed by atoms with Crippen LogP contribution in [0.15, 0.2) is 60.7 Å². The Balaban J connectivity index is 2.06. The van der Waals surface area contributed by atoms with Crippen LogP contribution in [0.25, 0.3) is 10.9 Å². The summed E-state index contributed by atoms with van der Waals surface area (Å²) in [4.78, 5) is 4.33. The zero-order valence-electron chi connectivity index (χ0n) is 11.5. The molecule has 0 aliphatic heterocycles. The SMILES string of the molecule is FC(F)(F)Oc1cc2ccccc2nc1Cc1ccccc1. The van der Waals surface area contributed by atoms with E-state index in [0.29, 0.717) is 10.9 Å². The molecule has 1 aromatic heterocycles. The predicted molar refractivity (Wildman–Crippen MR) is 77.7 cm³/mol. The third-order valence-corrected chi connectivity index (χ3v) is 3.20. The van der Waals surface area contributed by atoms with E-state index in [2.05, 4.69) is 9.72 Å². The Bertz CT molecular complexity index is 785. The maximum atomic E-state index is 12.6. The van der Waals surface area contributed by atoms with Gasteiger partial charge in [0.15, 0.2) is 5.75 Å². The number of ether oxygens (including phenoxy) is 1. The second kappa shape index (κ2) is 5.67. The molecular formula is C17H12F3NO. The third-order valence-electron chi connectivity index (χ3n) is 3.20. The molecule has 0 amide bonds. The molecule has 22 heavy (non-hydrogen) atoms. The first-order valence-electron chi connectivity index (χ1n) is 6.69. The van der Waals surface area contributed by atoms with E-state index in [-0.39, 0.29) is 17.9 Å². The molecule has 0 atom stereocenters. The normalized spacial score (nSPS) is 11.6. The fourth-order valence-corrected chi connectivity index (χ4v) is 2.27. The van der Waals surface area contributed by atoms with Gasteiger partial charge in [0.1, 0.15) is 0 Å². The van der Waals surface area contributed by atoms with Crippen molar-refractivity contribution in [2.75, 3.05) is 0 Å². The van der Waals surface area contributed by atoms with E-state index in [1.807, 2.05) is 30.3 Å². The van der Waals surface area contributed by atoms with Gasteiger partial charge >= 0.3 is 6.36 Å². The highest BCUT2D eigenvalue weighted by Gasteiger charge is 2.32. The van der Waals surface area contributed by atoms with Crippen LogP contribution in [-0.4, -0.2) is 11.3 Å². The number of para-hydroxylation sites is 1. The van der Waals surface area contributed by atoms with E-state index in [0.717, 1.165) is 5.56 Å². The summed E-state index contributed by atoms with van der Waals surface area (Å²) in [7, 11) is 0. The molecule has 0 saturated carbocycles. The van der Waals surface area contributed by atoms with Crippen molar-refractivity contribution in [2.45, 2.75) is 12.8 Å². The highest BCUT2D eigenvalue weighted by Crippen LogP contribution is 2.30. The Morgan fingerprint density at radius 2 is 1.59 bits per heavy atom. The molecule has 2 nitrogen and oxygen atoms in total. The Morgan fingerprint density at radius 3 is 2.32 bits per heavy atom. The van der Waals surface area contributed by atoms with E-state index in [9.17, 15) is 13.2 Å². The first-order chi connectivity index (χ1) is 10.5. The molecular weight excluding hydrogens is 291 g/mol. The van der Waals surface area contributed by atoms with E-state index < -0.39 is 6.36 Å². The molecule has 3 rings (SSSR count). The van der Waals surface area contributed by atoms with Gasteiger partial charge in [-0.3, -0.25) is 0 Å². The average Bonchev–Trinajstić information content (AvgIpc) is 2.47. The molecule has 5 heteroatoms. The zero-order chi connectivity index (χ0) is 15.6. The molecule has 1 heterocycles. The van der Waals surface area contributed by atoms with Gasteiger partial charge in [-0.1, -0.05) is 48.5 Å². The summed E-state index contributed by atoms with van der Waals surface area (Å²) in [6.45, 7) is 0. The molecule has 0 radical (unpaired) electrons. The minimum Gasteiger partial charge on any atom is -0.404 e. The summed E-state index contributed by atoms with van der Waals surface area (Å²) in [6, 6.07) is 17.6. The number of benzene rings is 2. The lowest BCUT2D eigenvalue weighted by atomic mass is 10.1. The molecule has 0 unspecified atom stereocenters. The fraction of sp³-hybridized carbons (Fsp3) is 0.118. The quantitative estimate of drug-likeness (QED) is 0.698. The topological polar surface area (TPSA) is 22.1 Å². The summed E-state index contributed by atoms with van der Waals surface area (Å²) in [5, 5.41) is 0.610. The minimum atomic E-state index is -4.74. The van der Waals surface area contributed by atoms with Crippen molar-refractivity contribution < 1.29 is 17.9 Å². The van der Waals surface area contributed by atoms with Crippen molar-refractivity contribution in [1.82, 2.24) is 4.98 Å². The lowest BCUT2D eigenvalue weighted by Crippen LogP contribution is -2.18. The van der Waals surface area contributed by atoms with Gasteiger partial charge in [0.05, 0.1) is 11.2 Å². The van der Waals surface area contributed by atoms with Crippen LogP contribution in [0, 0.1) is 0 Å². The molecule has 0 aliphatic carbocycles. The van der Waals surface area contributed by atoms with Crippen LogP contribution in [0.4, 0.5) is 13.2 Å². The molecule has 0 spiro atoms. The summed E-state index contributed by atoms with van der Waals surface area (Å²) < 4.78 is 42.0. The number of alkyl halides is 3. The lowest BCUT2D eigenvalue weighted by molar-refractivity contribution is -0.275. The molecule has 112 valence electrons. The monoisotopic (exact) mass is 303 g/mol. The molecule has 3 aromatic rings. The van der Waals surface area contributed by atoms with Crippen molar-refractivity contribution in [1.29, 1.82) is 0 Å². The maximum Gasteiger partial charge on any atom is 0.573 e. The number of fused-ring (bicyclic) bond motifs is 1. The number of halogens is 3. The van der Waals surface area contributed by atoms with Crippen molar-refractivity contribution in [2.24, 2.45) is 0 Å². The molecule has 0 saturated heterocycles. The number of aromatic nitrogens is 1. The smallest absolute Gasteiger partial charge is 0.404 e. The largest absolute Gasteiger partial charge is 0.573 e. The molecule has 0 fully saturated rings. The summed E-state index contributed by atoms with van der Waals surface area (Å²) in [6.07, 6.45) is -4.47. The van der Waals surface area contributed by atoms with Crippen molar-refractivity contribution >= 4 is 10.9 Å². The highest BCUT2D eigenvalue weighted by atomic mass is 19.4. The molecule has 0 N–H and O–H groups in total. The highest BCUT2D eigenvalue weighted by molar-refractivity contribution is 5.80. The van der Waals surface area contributed by atoms with Gasteiger partial charge in [-0.25, -0.2) is 4.98 Å². The number of nitrogens with zero attached hydrogens (tertiary/aromatic N) is 1. The number of rotatable bonds is 3. The Morgan fingerprint density at radius 1 is 0.909 bits per heavy atom. The van der Waals surface area contributed by atoms with Crippen molar-refractivity contribution in [3.8, 4) is 5.75 Å². The van der Waals surface area contributed by atoms with E-state index >= 15 is 0 Å². The Labute approximate surface area is 125 Å². The molecule has 2 aromatic carbocycles. The fourth-order valence-electron chi connectivity index (χ4n) is 2.27. The van der Waals surface area contributed by atoms with Crippen LogP contribution in [0.3, 0.4) is 0 Å². The van der Waals surface area contributed by atoms with E-state index in [1.54, 1.807) is 24.3 Å². The van der Waals surface area contributed by atoms with Crippen LogP contribution in [0.5, 0.6) is 5.75 Å². The van der Waals surface area contributed by atoms with Crippen molar-refractivity contribution in [3.63, 3.8) is 0 Å². The average molecular weight is 303 g/mol. The molecule has 0 aliphatic rings. The number of hydrogen-bond donors (Lipinski definition) is 0. The van der Waals surface area contributed by atoms with Gasteiger partial charge in [0, 0.05) is 11.8 Å². The van der Waals surface area contributed by atoms with E-state index in [1.165, 1.54) is 6.07 Å². The minimum absolute atomic E-state index is 0.255. The van der Waals surface area contributed by atoms with Crippen LogP contribution in [-0.2, 0) is 6.42 Å². The Kier molecular flexibility index (Phi) is 3.71. The second-order valence-corrected chi connectivity index (χ2v) is 4.84. The zero-order valence-corrected chi connectivity index (χ0v) is 11.5. The third kappa shape index (κ3) is 3.36. The first kappa shape index (κ1) is 14.4. The van der Waals surface area contributed by atoms with Crippen LogP contribution in [0.2, 0.25) is 0 Å². The summed E-state index contributed by atoms with van der Waals surface area (Å²) in [5.41, 5.74) is 1.78. The van der Waals surface area contributed by atoms with Gasteiger partial charge in [-0.05, 0) is 17.7 Å². The molecule has 0 bridgehead atoms. The van der Waals surface area contributed by atoms with Crippen LogP contribution in [0.1, 0.15) is 11.3 Å². The maximum absolute atomic E-state index is 12.6. The van der Waals surface area contributed by atoms with Crippen LogP contribution < -0.4 is 4.74 Å². The summed E-state index contributed by atoms with van der Waals surface area (Å²) >= 11 is 0.